The van der Waals surface area contributed by atoms with Crippen molar-refractivity contribution in [1.82, 2.24) is 0 Å². The van der Waals surface area contributed by atoms with Gasteiger partial charge >= 0.3 is 6.09 Å². The fourth-order valence-electron chi connectivity index (χ4n) is 2.23. The van der Waals surface area contributed by atoms with Crippen LogP contribution in [-0.2, 0) is 14.2 Å². The van der Waals surface area contributed by atoms with Crippen molar-refractivity contribution in [2.24, 2.45) is 5.73 Å². The third-order valence-corrected chi connectivity index (χ3v) is 2.94. The van der Waals surface area contributed by atoms with Crippen LogP contribution in [0, 0.1) is 0 Å². The number of rotatable bonds is 2. The van der Waals surface area contributed by atoms with Gasteiger partial charge in [0, 0.05) is 12.8 Å². The van der Waals surface area contributed by atoms with Crippen molar-refractivity contribution in [2.75, 3.05) is 13.2 Å². The molecule has 2 aliphatic rings. The summed E-state index contributed by atoms with van der Waals surface area (Å²) >= 11 is 0. The van der Waals surface area contributed by atoms with E-state index in [-0.39, 0.29) is 12.7 Å². The molecule has 1 aliphatic heterocycles. The molecule has 5 heteroatoms. The first kappa shape index (κ1) is 10.7. The molecular formula is C10H17NO4. The van der Waals surface area contributed by atoms with Crippen LogP contribution in [0.1, 0.15) is 32.1 Å². The van der Waals surface area contributed by atoms with Gasteiger partial charge in [0.25, 0.3) is 0 Å². The van der Waals surface area contributed by atoms with Crippen molar-refractivity contribution in [1.29, 1.82) is 0 Å². The van der Waals surface area contributed by atoms with Gasteiger partial charge < -0.3 is 19.9 Å². The summed E-state index contributed by atoms with van der Waals surface area (Å²) in [5.41, 5.74) is 4.88. The van der Waals surface area contributed by atoms with Crippen LogP contribution in [0.4, 0.5) is 4.79 Å². The Morgan fingerprint density at radius 1 is 1.40 bits per heavy atom. The van der Waals surface area contributed by atoms with Gasteiger partial charge in [-0.2, -0.15) is 0 Å². The molecule has 86 valence electrons. The molecule has 0 radical (unpaired) electrons. The summed E-state index contributed by atoms with van der Waals surface area (Å²) < 4.78 is 16.2. The fraction of sp³-hybridized carbons (Fsp3) is 0.900. The Hall–Kier alpha value is -0.810. The number of hydrogen-bond donors (Lipinski definition) is 1. The molecule has 0 bridgehead atoms. The van der Waals surface area contributed by atoms with Gasteiger partial charge in [0.15, 0.2) is 5.79 Å². The second-order valence-corrected chi connectivity index (χ2v) is 4.15. The van der Waals surface area contributed by atoms with E-state index < -0.39 is 11.9 Å². The van der Waals surface area contributed by atoms with E-state index in [9.17, 15) is 4.79 Å². The average Bonchev–Trinajstić information content (AvgIpc) is 2.60. The maximum atomic E-state index is 10.4. The molecule has 0 aromatic rings. The highest BCUT2D eigenvalue weighted by Crippen LogP contribution is 2.37. The Morgan fingerprint density at radius 2 is 2.13 bits per heavy atom. The summed E-state index contributed by atoms with van der Waals surface area (Å²) in [6.07, 6.45) is 4.50. The van der Waals surface area contributed by atoms with Gasteiger partial charge in [-0.05, 0) is 12.8 Å². The van der Waals surface area contributed by atoms with Crippen molar-refractivity contribution in [3.63, 3.8) is 0 Å². The van der Waals surface area contributed by atoms with Crippen molar-refractivity contribution < 1.29 is 19.0 Å². The van der Waals surface area contributed by atoms with E-state index in [1.165, 1.54) is 6.42 Å². The predicted octanol–water partition coefficient (Wildman–Crippen LogP) is 1.16. The van der Waals surface area contributed by atoms with Gasteiger partial charge in [0.2, 0.25) is 0 Å². The lowest BCUT2D eigenvalue weighted by Gasteiger charge is -2.31. The molecule has 2 fully saturated rings. The molecule has 2 rings (SSSR count). The predicted molar refractivity (Wildman–Crippen MR) is 52.2 cm³/mol. The van der Waals surface area contributed by atoms with Gasteiger partial charge in [0.1, 0.15) is 12.7 Å². The zero-order valence-corrected chi connectivity index (χ0v) is 8.74. The first-order chi connectivity index (χ1) is 7.20. The summed E-state index contributed by atoms with van der Waals surface area (Å²) in [6.45, 7) is 0.685. The van der Waals surface area contributed by atoms with E-state index >= 15 is 0 Å². The number of carbonyl (C=O) groups is 1. The van der Waals surface area contributed by atoms with E-state index in [1.54, 1.807) is 0 Å². The molecule has 1 spiro atoms. The second kappa shape index (κ2) is 4.37. The number of amides is 1. The van der Waals surface area contributed by atoms with Crippen molar-refractivity contribution in [3.05, 3.63) is 0 Å². The van der Waals surface area contributed by atoms with E-state index in [4.69, 9.17) is 19.9 Å². The van der Waals surface area contributed by atoms with Crippen LogP contribution in [0.3, 0.4) is 0 Å². The standard InChI is InChI=1S/C10H17NO4/c11-9(12)13-6-8-7-14-10(15-8)4-2-1-3-5-10/h8H,1-7H2,(H2,11,12)/t8-/m0/s1. The fourth-order valence-corrected chi connectivity index (χ4v) is 2.23. The molecule has 1 aliphatic carbocycles. The minimum absolute atomic E-state index is 0.157. The van der Waals surface area contributed by atoms with Crippen LogP contribution in [0.2, 0.25) is 0 Å². The van der Waals surface area contributed by atoms with Gasteiger partial charge in [0.05, 0.1) is 6.61 Å². The van der Waals surface area contributed by atoms with Gasteiger partial charge in [-0.25, -0.2) is 4.79 Å². The summed E-state index contributed by atoms with van der Waals surface area (Å²) in [4.78, 5) is 10.4. The monoisotopic (exact) mass is 215 g/mol. The average molecular weight is 215 g/mol. The highest BCUT2D eigenvalue weighted by molar-refractivity contribution is 5.64. The lowest BCUT2D eigenvalue weighted by Crippen LogP contribution is -2.34. The molecule has 1 saturated carbocycles. The lowest BCUT2D eigenvalue weighted by molar-refractivity contribution is -0.189. The highest BCUT2D eigenvalue weighted by Gasteiger charge is 2.42. The normalized spacial score (nSPS) is 29.2. The van der Waals surface area contributed by atoms with Crippen LogP contribution in [-0.4, -0.2) is 31.2 Å². The van der Waals surface area contributed by atoms with Gasteiger partial charge in [-0.3, -0.25) is 0 Å². The Labute approximate surface area is 88.9 Å². The molecule has 1 saturated heterocycles. The van der Waals surface area contributed by atoms with Crippen LogP contribution < -0.4 is 5.73 Å². The quantitative estimate of drug-likeness (QED) is 0.750. The Bertz CT molecular complexity index is 238. The lowest BCUT2D eigenvalue weighted by atomic mass is 9.94. The largest absolute Gasteiger partial charge is 0.447 e. The molecular weight excluding hydrogens is 198 g/mol. The molecule has 0 unspecified atom stereocenters. The van der Waals surface area contributed by atoms with Crippen LogP contribution in [0.15, 0.2) is 0 Å². The first-order valence-corrected chi connectivity index (χ1v) is 5.44. The Morgan fingerprint density at radius 3 is 2.80 bits per heavy atom. The van der Waals surface area contributed by atoms with E-state index in [1.807, 2.05) is 0 Å². The third-order valence-electron chi connectivity index (χ3n) is 2.94. The topological polar surface area (TPSA) is 70.8 Å². The molecule has 1 heterocycles. The zero-order chi connectivity index (χ0) is 10.7. The molecule has 15 heavy (non-hydrogen) atoms. The van der Waals surface area contributed by atoms with E-state index in [0.717, 1.165) is 25.7 Å². The number of carbonyl (C=O) groups excluding carboxylic acids is 1. The summed E-state index contributed by atoms with van der Waals surface area (Å²) in [5, 5.41) is 0. The van der Waals surface area contributed by atoms with Crippen molar-refractivity contribution in [2.45, 2.75) is 44.0 Å². The highest BCUT2D eigenvalue weighted by atomic mass is 16.8. The van der Waals surface area contributed by atoms with Crippen LogP contribution in [0.25, 0.3) is 0 Å². The second-order valence-electron chi connectivity index (χ2n) is 4.15. The molecule has 5 nitrogen and oxygen atoms in total. The third kappa shape index (κ3) is 2.60. The van der Waals surface area contributed by atoms with Crippen LogP contribution >= 0.6 is 0 Å². The maximum absolute atomic E-state index is 10.4. The van der Waals surface area contributed by atoms with Crippen molar-refractivity contribution in [3.8, 4) is 0 Å². The summed E-state index contributed by atoms with van der Waals surface area (Å²) in [6, 6.07) is 0. The Balaban J connectivity index is 1.80. The molecule has 2 N–H and O–H groups in total. The zero-order valence-electron chi connectivity index (χ0n) is 8.74. The summed E-state index contributed by atoms with van der Waals surface area (Å²) in [5.74, 6) is -0.399. The van der Waals surface area contributed by atoms with Gasteiger partial charge in [-0.15, -0.1) is 0 Å². The number of hydrogen-bond acceptors (Lipinski definition) is 4. The number of ether oxygens (including phenoxy) is 3. The minimum Gasteiger partial charge on any atom is -0.447 e. The van der Waals surface area contributed by atoms with Gasteiger partial charge in [-0.1, -0.05) is 6.42 Å². The van der Waals surface area contributed by atoms with E-state index in [2.05, 4.69) is 0 Å². The number of primary amides is 1. The molecule has 0 aromatic carbocycles. The smallest absolute Gasteiger partial charge is 0.404 e. The first-order valence-electron chi connectivity index (χ1n) is 5.44. The SMILES string of the molecule is NC(=O)OC[C@H]1COC2(CCCCC2)O1. The maximum Gasteiger partial charge on any atom is 0.404 e. The van der Waals surface area contributed by atoms with Crippen molar-refractivity contribution >= 4 is 6.09 Å². The number of nitrogens with two attached hydrogens (primary N) is 1. The van der Waals surface area contributed by atoms with Crippen LogP contribution in [0.5, 0.6) is 0 Å². The minimum atomic E-state index is -0.761. The summed E-state index contributed by atoms with van der Waals surface area (Å²) in [7, 11) is 0. The molecule has 1 atom stereocenters. The molecule has 0 aromatic heterocycles. The Kier molecular flexibility index (Phi) is 3.11. The molecule has 1 amide bonds. The van der Waals surface area contributed by atoms with E-state index in [0.29, 0.717) is 6.61 Å².